The Morgan fingerprint density at radius 2 is 2.00 bits per heavy atom. The number of aromatic carboxylic acids is 1. The van der Waals surface area contributed by atoms with Crippen LogP contribution in [0.5, 0.6) is 0 Å². The molecule has 0 radical (unpaired) electrons. The third kappa shape index (κ3) is 1.84. The summed E-state index contributed by atoms with van der Waals surface area (Å²) in [7, 11) is 0. The number of carboxylic acid groups (broad SMARTS) is 1. The third-order valence-corrected chi connectivity index (χ3v) is 3.50. The van der Waals surface area contributed by atoms with Crippen molar-refractivity contribution in [3.63, 3.8) is 0 Å². The fourth-order valence-corrected chi connectivity index (χ4v) is 2.20. The smallest absolute Gasteiger partial charge is 0.335 e. The number of fused-ring (bicyclic) bond motifs is 1. The number of nitrogens with zero attached hydrogens (tertiary/aromatic N) is 3. The molecule has 3 aromatic rings. The van der Waals surface area contributed by atoms with Crippen molar-refractivity contribution in [3.8, 4) is 5.69 Å². The lowest BCUT2D eigenvalue weighted by molar-refractivity contribution is 0.0697. The van der Waals surface area contributed by atoms with Crippen molar-refractivity contribution >= 4 is 17.0 Å². The normalized spacial score (nSPS) is 10.9. The van der Waals surface area contributed by atoms with Gasteiger partial charge in [-0.25, -0.2) is 9.48 Å². The van der Waals surface area contributed by atoms with Gasteiger partial charge in [0.1, 0.15) is 5.52 Å². The van der Waals surface area contributed by atoms with Gasteiger partial charge in [-0.15, -0.1) is 5.10 Å². The van der Waals surface area contributed by atoms with Crippen LogP contribution in [0.4, 0.5) is 0 Å². The summed E-state index contributed by atoms with van der Waals surface area (Å²) in [5.74, 6) is -0.965. The van der Waals surface area contributed by atoms with Crippen LogP contribution in [0, 0.1) is 13.8 Å². The molecule has 20 heavy (non-hydrogen) atoms. The van der Waals surface area contributed by atoms with Gasteiger partial charge in [0.2, 0.25) is 0 Å². The Labute approximate surface area is 115 Å². The molecule has 0 spiro atoms. The van der Waals surface area contributed by atoms with E-state index < -0.39 is 5.97 Å². The topological polar surface area (TPSA) is 68.0 Å². The largest absolute Gasteiger partial charge is 0.478 e. The highest BCUT2D eigenvalue weighted by molar-refractivity contribution is 5.92. The molecule has 0 atom stereocenters. The lowest BCUT2D eigenvalue weighted by Crippen LogP contribution is -2.01. The fraction of sp³-hybridized carbons (Fsp3) is 0.133. The molecule has 0 saturated heterocycles. The van der Waals surface area contributed by atoms with Crippen LogP contribution < -0.4 is 0 Å². The fourth-order valence-electron chi connectivity index (χ4n) is 2.20. The summed E-state index contributed by atoms with van der Waals surface area (Å²) in [6, 6.07) is 10.8. The number of benzene rings is 2. The van der Waals surface area contributed by atoms with Crippen LogP contribution in [0.1, 0.15) is 21.5 Å². The molecule has 0 fully saturated rings. The minimum absolute atomic E-state index is 0.213. The average Bonchev–Trinajstić information content (AvgIpc) is 2.84. The summed E-state index contributed by atoms with van der Waals surface area (Å²) in [4.78, 5) is 11.0. The summed E-state index contributed by atoms with van der Waals surface area (Å²) in [6.07, 6.45) is 0. The lowest BCUT2D eigenvalue weighted by atomic mass is 10.1. The molecule has 2 aromatic carbocycles. The predicted molar refractivity (Wildman–Crippen MR) is 75.3 cm³/mol. The molecule has 0 aliphatic carbocycles. The monoisotopic (exact) mass is 267 g/mol. The van der Waals surface area contributed by atoms with Crippen LogP contribution in [-0.2, 0) is 0 Å². The predicted octanol–water partition coefficient (Wildman–Crippen LogP) is 2.74. The molecular weight excluding hydrogens is 254 g/mol. The number of hydrogen-bond donors (Lipinski definition) is 1. The van der Waals surface area contributed by atoms with Crippen molar-refractivity contribution < 1.29 is 9.90 Å². The Morgan fingerprint density at radius 1 is 1.20 bits per heavy atom. The zero-order valence-corrected chi connectivity index (χ0v) is 11.2. The van der Waals surface area contributed by atoms with Crippen LogP contribution in [0.3, 0.4) is 0 Å². The van der Waals surface area contributed by atoms with Crippen molar-refractivity contribution in [1.82, 2.24) is 15.0 Å². The minimum atomic E-state index is -0.965. The van der Waals surface area contributed by atoms with Crippen molar-refractivity contribution in [2.24, 2.45) is 0 Å². The molecule has 0 amide bonds. The van der Waals surface area contributed by atoms with E-state index in [2.05, 4.69) is 10.3 Å². The van der Waals surface area contributed by atoms with Gasteiger partial charge in [-0.05, 0) is 49.2 Å². The Morgan fingerprint density at radius 3 is 2.75 bits per heavy atom. The lowest BCUT2D eigenvalue weighted by Gasteiger charge is -2.08. The Hall–Kier alpha value is -2.69. The van der Waals surface area contributed by atoms with Crippen LogP contribution in [0.15, 0.2) is 36.4 Å². The number of carboxylic acids is 1. The van der Waals surface area contributed by atoms with Gasteiger partial charge in [0.05, 0.1) is 16.8 Å². The molecule has 1 aromatic heterocycles. The minimum Gasteiger partial charge on any atom is -0.478 e. The second-order valence-electron chi connectivity index (χ2n) is 4.73. The molecule has 1 heterocycles. The maximum atomic E-state index is 11.0. The zero-order chi connectivity index (χ0) is 14.3. The van der Waals surface area contributed by atoms with Crippen LogP contribution in [0.2, 0.25) is 0 Å². The van der Waals surface area contributed by atoms with E-state index in [9.17, 15) is 4.79 Å². The first-order valence-electron chi connectivity index (χ1n) is 6.23. The van der Waals surface area contributed by atoms with Gasteiger partial charge in [-0.2, -0.15) is 0 Å². The van der Waals surface area contributed by atoms with Gasteiger partial charge < -0.3 is 5.11 Å². The second kappa shape index (κ2) is 4.45. The highest BCUT2D eigenvalue weighted by Crippen LogP contribution is 2.22. The second-order valence-corrected chi connectivity index (χ2v) is 4.73. The first kappa shape index (κ1) is 12.3. The molecule has 0 aliphatic heterocycles. The van der Waals surface area contributed by atoms with Crippen molar-refractivity contribution in [2.45, 2.75) is 13.8 Å². The number of carbonyl (C=O) groups is 1. The van der Waals surface area contributed by atoms with Crippen LogP contribution in [-0.4, -0.2) is 26.1 Å². The molecule has 0 aliphatic rings. The summed E-state index contributed by atoms with van der Waals surface area (Å²) in [5, 5.41) is 17.2. The molecule has 5 heteroatoms. The van der Waals surface area contributed by atoms with Gasteiger partial charge in [0.15, 0.2) is 0 Å². The maximum absolute atomic E-state index is 11.0. The van der Waals surface area contributed by atoms with Gasteiger partial charge >= 0.3 is 5.97 Å². The first-order valence-corrected chi connectivity index (χ1v) is 6.23. The summed E-state index contributed by atoms with van der Waals surface area (Å²) in [5.41, 5.74) is 4.84. The number of rotatable bonds is 2. The summed E-state index contributed by atoms with van der Waals surface area (Å²) < 4.78 is 1.74. The van der Waals surface area contributed by atoms with E-state index in [0.29, 0.717) is 5.52 Å². The van der Waals surface area contributed by atoms with Crippen molar-refractivity contribution in [3.05, 3.63) is 53.1 Å². The summed E-state index contributed by atoms with van der Waals surface area (Å²) >= 11 is 0. The average molecular weight is 267 g/mol. The molecule has 0 unspecified atom stereocenters. The van der Waals surface area contributed by atoms with E-state index in [1.807, 2.05) is 32.0 Å². The molecular formula is C15H13N3O2. The van der Waals surface area contributed by atoms with Gasteiger partial charge in [0, 0.05) is 0 Å². The molecule has 1 N–H and O–H groups in total. The maximum Gasteiger partial charge on any atom is 0.335 e. The van der Waals surface area contributed by atoms with E-state index >= 15 is 0 Å². The highest BCUT2D eigenvalue weighted by atomic mass is 16.4. The van der Waals surface area contributed by atoms with Crippen molar-refractivity contribution in [1.29, 1.82) is 0 Å². The number of hydrogen-bond acceptors (Lipinski definition) is 3. The molecule has 0 bridgehead atoms. The zero-order valence-electron chi connectivity index (χ0n) is 11.2. The molecule has 100 valence electrons. The Bertz CT molecular complexity index is 821. The standard InChI is InChI=1S/C15H13N3O2/c1-9-4-3-5-13(10(9)2)18-14-7-6-11(15(19)20)8-12(14)16-17-18/h3-8H,1-2H3,(H,19,20). The van der Waals surface area contributed by atoms with E-state index in [1.54, 1.807) is 16.8 Å². The Kier molecular flexibility index (Phi) is 2.75. The molecule has 0 saturated carbocycles. The SMILES string of the molecule is Cc1cccc(-n2nnc3cc(C(=O)O)ccc32)c1C. The number of aromatic nitrogens is 3. The van der Waals surface area contributed by atoms with Crippen LogP contribution in [0.25, 0.3) is 16.7 Å². The van der Waals surface area contributed by atoms with E-state index in [4.69, 9.17) is 5.11 Å². The van der Waals surface area contributed by atoms with Gasteiger partial charge in [0.25, 0.3) is 0 Å². The van der Waals surface area contributed by atoms with Crippen LogP contribution >= 0.6 is 0 Å². The molecule has 5 nitrogen and oxygen atoms in total. The van der Waals surface area contributed by atoms with E-state index in [-0.39, 0.29) is 5.56 Å². The third-order valence-electron chi connectivity index (χ3n) is 3.50. The van der Waals surface area contributed by atoms with Gasteiger partial charge in [-0.3, -0.25) is 0 Å². The van der Waals surface area contributed by atoms with E-state index in [1.165, 1.54) is 11.6 Å². The van der Waals surface area contributed by atoms with Crippen molar-refractivity contribution in [2.75, 3.05) is 0 Å². The first-order chi connectivity index (χ1) is 9.58. The molecule has 3 rings (SSSR count). The van der Waals surface area contributed by atoms with Gasteiger partial charge in [-0.1, -0.05) is 17.3 Å². The quantitative estimate of drug-likeness (QED) is 0.775. The Balaban J connectivity index is 2.23. The highest BCUT2D eigenvalue weighted by Gasteiger charge is 2.12. The number of aryl methyl sites for hydroxylation is 1. The summed E-state index contributed by atoms with van der Waals surface area (Å²) in [6.45, 7) is 4.07. The van der Waals surface area contributed by atoms with E-state index in [0.717, 1.165) is 16.8 Å².